The molecular formula is C19H23BrN4O. The molecule has 0 aliphatic carbocycles. The topological polar surface area (TPSA) is 48.5 Å². The van der Waals surface area contributed by atoms with Crippen LogP contribution in [0.1, 0.15) is 18.5 Å². The summed E-state index contributed by atoms with van der Waals surface area (Å²) in [6, 6.07) is 14.0. The number of hydrogen-bond acceptors (Lipinski definition) is 4. The third kappa shape index (κ3) is 5.03. The van der Waals surface area contributed by atoms with Gasteiger partial charge >= 0.3 is 0 Å². The summed E-state index contributed by atoms with van der Waals surface area (Å²) in [4.78, 5) is 21.2. The smallest absolute Gasteiger partial charge is 0.234 e. The van der Waals surface area contributed by atoms with Crippen molar-refractivity contribution in [3.63, 3.8) is 0 Å². The molecule has 25 heavy (non-hydrogen) atoms. The zero-order chi connectivity index (χ0) is 17.6. The number of halogens is 1. The van der Waals surface area contributed by atoms with Gasteiger partial charge in [-0.05, 0) is 36.8 Å². The maximum atomic E-state index is 12.3. The van der Waals surface area contributed by atoms with Crippen LogP contribution < -0.4 is 10.2 Å². The van der Waals surface area contributed by atoms with Crippen molar-refractivity contribution < 1.29 is 4.79 Å². The number of anilines is 1. The SMILES string of the molecule is C[C@H](NC(=O)CN1CCN(c2ccccn2)CC1)c1ccc(Br)cc1. The number of aromatic nitrogens is 1. The Hall–Kier alpha value is -1.92. The monoisotopic (exact) mass is 402 g/mol. The van der Waals surface area contributed by atoms with Crippen molar-refractivity contribution in [3.05, 3.63) is 58.7 Å². The fourth-order valence-corrected chi connectivity index (χ4v) is 3.27. The van der Waals surface area contributed by atoms with Crippen molar-refractivity contribution in [1.82, 2.24) is 15.2 Å². The number of carbonyl (C=O) groups is 1. The number of piperazine rings is 1. The summed E-state index contributed by atoms with van der Waals surface area (Å²) in [7, 11) is 0. The van der Waals surface area contributed by atoms with E-state index in [4.69, 9.17) is 0 Å². The fraction of sp³-hybridized carbons (Fsp3) is 0.368. The van der Waals surface area contributed by atoms with Crippen LogP contribution in [-0.2, 0) is 4.79 Å². The van der Waals surface area contributed by atoms with Gasteiger partial charge in [0.25, 0.3) is 0 Å². The van der Waals surface area contributed by atoms with Gasteiger partial charge in [-0.15, -0.1) is 0 Å². The van der Waals surface area contributed by atoms with E-state index in [1.165, 1.54) is 0 Å². The van der Waals surface area contributed by atoms with Gasteiger partial charge in [0.15, 0.2) is 0 Å². The lowest BCUT2D eigenvalue weighted by Crippen LogP contribution is -2.49. The molecule has 1 saturated heterocycles. The van der Waals surface area contributed by atoms with Gasteiger partial charge in [-0.2, -0.15) is 0 Å². The van der Waals surface area contributed by atoms with Crippen LogP contribution in [-0.4, -0.2) is 48.5 Å². The minimum absolute atomic E-state index is 0.00964. The van der Waals surface area contributed by atoms with Crippen LogP contribution in [0.25, 0.3) is 0 Å². The summed E-state index contributed by atoms with van der Waals surface area (Å²) in [6.07, 6.45) is 1.82. The van der Waals surface area contributed by atoms with Gasteiger partial charge in [0.2, 0.25) is 5.91 Å². The van der Waals surface area contributed by atoms with Gasteiger partial charge in [-0.1, -0.05) is 34.1 Å². The molecule has 1 fully saturated rings. The number of amides is 1. The summed E-state index contributed by atoms with van der Waals surface area (Å²) in [6.45, 7) is 5.99. The van der Waals surface area contributed by atoms with Gasteiger partial charge in [0.05, 0.1) is 12.6 Å². The molecule has 1 aromatic carbocycles. The van der Waals surface area contributed by atoms with E-state index >= 15 is 0 Å². The van der Waals surface area contributed by atoms with E-state index in [0.717, 1.165) is 42.0 Å². The highest BCUT2D eigenvalue weighted by Gasteiger charge is 2.20. The summed E-state index contributed by atoms with van der Waals surface area (Å²) >= 11 is 3.43. The summed E-state index contributed by atoms with van der Waals surface area (Å²) in [5.41, 5.74) is 1.11. The molecule has 2 heterocycles. The molecular weight excluding hydrogens is 380 g/mol. The van der Waals surface area contributed by atoms with E-state index in [2.05, 4.69) is 36.0 Å². The lowest BCUT2D eigenvalue weighted by molar-refractivity contribution is -0.123. The number of hydrogen-bond donors (Lipinski definition) is 1. The van der Waals surface area contributed by atoms with Crippen LogP contribution in [0.5, 0.6) is 0 Å². The molecule has 1 atom stereocenters. The molecule has 3 rings (SSSR count). The minimum Gasteiger partial charge on any atom is -0.354 e. The Kier molecular flexibility index (Phi) is 6.04. The van der Waals surface area contributed by atoms with Gasteiger partial charge in [-0.3, -0.25) is 9.69 Å². The van der Waals surface area contributed by atoms with E-state index in [9.17, 15) is 4.79 Å². The summed E-state index contributed by atoms with van der Waals surface area (Å²) in [5, 5.41) is 3.08. The predicted octanol–water partition coefficient (Wildman–Crippen LogP) is 2.84. The van der Waals surface area contributed by atoms with E-state index in [1.807, 2.05) is 55.6 Å². The molecule has 2 aromatic rings. The van der Waals surface area contributed by atoms with E-state index in [-0.39, 0.29) is 11.9 Å². The first kappa shape index (κ1) is 17.9. The fourth-order valence-electron chi connectivity index (χ4n) is 3.00. The second kappa shape index (κ2) is 8.45. The molecule has 6 heteroatoms. The van der Waals surface area contributed by atoms with E-state index in [1.54, 1.807) is 0 Å². The van der Waals surface area contributed by atoms with Crippen molar-refractivity contribution in [3.8, 4) is 0 Å². The molecule has 0 saturated carbocycles. The number of pyridine rings is 1. The molecule has 0 spiro atoms. The van der Waals surface area contributed by atoms with Crippen LogP contribution >= 0.6 is 15.9 Å². The van der Waals surface area contributed by atoms with Crippen molar-refractivity contribution >= 4 is 27.7 Å². The van der Waals surface area contributed by atoms with Crippen molar-refractivity contribution in [2.75, 3.05) is 37.6 Å². The Balaban J connectivity index is 1.45. The molecule has 1 aliphatic heterocycles. The number of rotatable bonds is 5. The van der Waals surface area contributed by atoms with Gasteiger partial charge in [0.1, 0.15) is 5.82 Å². The Morgan fingerprint density at radius 3 is 2.52 bits per heavy atom. The lowest BCUT2D eigenvalue weighted by atomic mass is 10.1. The molecule has 0 radical (unpaired) electrons. The van der Waals surface area contributed by atoms with Crippen molar-refractivity contribution in [1.29, 1.82) is 0 Å². The first-order valence-electron chi connectivity index (χ1n) is 8.55. The van der Waals surface area contributed by atoms with Gasteiger partial charge in [0, 0.05) is 36.8 Å². The summed E-state index contributed by atoms with van der Waals surface area (Å²) in [5.74, 6) is 1.08. The highest BCUT2D eigenvalue weighted by atomic mass is 79.9. The van der Waals surface area contributed by atoms with Gasteiger partial charge in [-0.25, -0.2) is 4.98 Å². The number of benzene rings is 1. The Morgan fingerprint density at radius 1 is 1.16 bits per heavy atom. The predicted molar refractivity (Wildman–Crippen MR) is 104 cm³/mol. The second-order valence-electron chi connectivity index (χ2n) is 6.29. The number of carbonyl (C=O) groups excluding carboxylic acids is 1. The second-order valence-corrected chi connectivity index (χ2v) is 7.21. The van der Waals surface area contributed by atoms with Gasteiger partial charge < -0.3 is 10.2 Å². The van der Waals surface area contributed by atoms with Crippen LogP contribution in [0.2, 0.25) is 0 Å². The average molecular weight is 403 g/mol. The molecule has 1 N–H and O–H groups in total. The van der Waals surface area contributed by atoms with Crippen LogP contribution in [0, 0.1) is 0 Å². The molecule has 0 bridgehead atoms. The first-order valence-corrected chi connectivity index (χ1v) is 9.34. The average Bonchev–Trinajstić information content (AvgIpc) is 2.63. The van der Waals surface area contributed by atoms with Crippen molar-refractivity contribution in [2.24, 2.45) is 0 Å². The third-order valence-electron chi connectivity index (χ3n) is 4.46. The lowest BCUT2D eigenvalue weighted by Gasteiger charge is -2.35. The zero-order valence-corrected chi connectivity index (χ0v) is 15.9. The molecule has 1 aliphatic rings. The molecule has 0 unspecified atom stereocenters. The van der Waals surface area contributed by atoms with E-state index < -0.39 is 0 Å². The van der Waals surface area contributed by atoms with Crippen LogP contribution in [0.15, 0.2) is 53.1 Å². The standard InChI is InChI=1S/C19H23BrN4O/c1-15(16-5-7-17(20)8-6-16)22-19(25)14-23-10-12-24(13-11-23)18-4-2-3-9-21-18/h2-9,15H,10-14H2,1H3,(H,22,25)/t15-/m0/s1. The van der Waals surface area contributed by atoms with E-state index in [0.29, 0.717) is 6.54 Å². The number of nitrogens with one attached hydrogen (secondary N) is 1. The third-order valence-corrected chi connectivity index (χ3v) is 4.99. The summed E-state index contributed by atoms with van der Waals surface area (Å²) < 4.78 is 1.04. The van der Waals surface area contributed by atoms with Crippen molar-refractivity contribution in [2.45, 2.75) is 13.0 Å². The Bertz CT molecular complexity index is 684. The maximum absolute atomic E-state index is 12.3. The zero-order valence-electron chi connectivity index (χ0n) is 14.4. The largest absolute Gasteiger partial charge is 0.354 e. The molecule has 1 aromatic heterocycles. The minimum atomic E-state index is 0.00964. The maximum Gasteiger partial charge on any atom is 0.234 e. The Labute approximate surface area is 157 Å². The number of nitrogens with zero attached hydrogens (tertiary/aromatic N) is 3. The Morgan fingerprint density at radius 2 is 1.88 bits per heavy atom. The van der Waals surface area contributed by atoms with Crippen LogP contribution in [0.3, 0.4) is 0 Å². The molecule has 132 valence electrons. The molecule has 5 nitrogen and oxygen atoms in total. The first-order chi connectivity index (χ1) is 12.1. The highest BCUT2D eigenvalue weighted by molar-refractivity contribution is 9.10. The highest BCUT2D eigenvalue weighted by Crippen LogP contribution is 2.17. The normalized spacial score (nSPS) is 16.5. The van der Waals surface area contributed by atoms with Crippen LogP contribution in [0.4, 0.5) is 5.82 Å². The quantitative estimate of drug-likeness (QED) is 0.834. The molecule has 1 amide bonds.